The molecule has 0 saturated carbocycles. The second-order valence-electron chi connectivity index (χ2n) is 5.26. The third-order valence-corrected chi connectivity index (χ3v) is 5.06. The van der Waals surface area contributed by atoms with Crippen molar-refractivity contribution in [2.45, 2.75) is 19.3 Å². The minimum Gasteiger partial charge on any atom is -0.465 e. The van der Waals surface area contributed by atoms with Crippen molar-refractivity contribution in [2.75, 3.05) is 20.7 Å². The van der Waals surface area contributed by atoms with E-state index < -0.39 is 5.97 Å². The van der Waals surface area contributed by atoms with Crippen molar-refractivity contribution < 1.29 is 14.3 Å². The number of halogens is 1. The molecule has 0 spiro atoms. The second kappa shape index (κ2) is 8.35. The van der Waals surface area contributed by atoms with Crippen molar-refractivity contribution in [1.29, 1.82) is 0 Å². The highest BCUT2D eigenvalue weighted by Crippen LogP contribution is 2.31. The maximum atomic E-state index is 12.2. The summed E-state index contributed by atoms with van der Waals surface area (Å²) in [6.45, 7) is 2.42. The number of allylic oxidation sites excluding steroid dienone is 1. The Bertz CT molecular complexity index is 716. The summed E-state index contributed by atoms with van der Waals surface area (Å²) in [5.41, 5.74) is 1.24. The van der Waals surface area contributed by atoms with Crippen molar-refractivity contribution in [3.05, 3.63) is 45.3 Å². The quantitative estimate of drug-likeness (QED) is 0.505. The van der Waals surface area contributed by atoms with Gasteiger partial charge in [-0.25, -0.2) is 4.79 Å². The fourth-order valence-corrected chi connectivity index (χ4v) is 3.36. The number of aliphatic imine (C=N–C) groups is 1. The SMILES string of the molecule is CN=C(C)SC1=CC(c2ccc(Cl)c(C(=O)OC)c2)CCNC1=O. The van der Waals surface area contributed by atoms with E-state index in [4.69, 9.17) is 16.3 Å². The van der Waals surface area contributed by atoms with E-state index in [0.717, 1.165) is 17.0 Å². The molecule has 0 aromatic heterocycles. The lowest BCUT2D eigenvalue weighted by Crippen LogP contribution is -2.23. The predicted octanol–water partition coefficient (Wildman–Crippen LogP) is 3.40. The normalized spacial score (nSPS) is 18.5. The van der Waals surface area contributed by atoms with E-state index in [9.17, 15) is 9.59 Å². The smallest absolute Gasteiger partial charge is 0.339 e. The molecule has 7 heteroatoms. The molecule has 1 N–H and O–H groups in total. The molecule has 1 heterocycles. The lowest BCUT2D eigenvalue weighted by Gasteiger charge is -2.13. The van der Waals surface area contributed by atoms with Crippen LogP contribution in [0.15, 0.2) is 34.2 Å². The number of rotatable bonds is 3. The van der Waals surface area contributed by atoms with Crippen LogP contribution in [0, 0.1) is 0 Å². The Morgan fingerprint density at radius 2 is 2.21 bits per heavy atom. The van der Waals surface area contributed by atoms with Gasteiger partial charge in [0.2, 0.25) is 0 Å². The average molecular weight is 367 g/mol. The molecule has 5 nitrogen and oxygen atoms in total. The minimum atomic E-state index is -0.475. The molecule has 24 heavy (non-hydrogen) atoms. The van der Waals surface area contributed by atoms with Gasteiger partial charge in [-0.2, -0.15) is 0 Å². The first-order valence-electron chi connectivity index (χ1n) is 7.45. The summed E-state index contributed by atoms with van der Waals surface area (Å²) >= 11 is 7.42. The Labute approximate surface area is 150 Å². The third-order valence-electron chi connectivity index (χ3n) is 3.71. The molecule has 1 aliphatic rings. The van der Waals surface area contributed by atoms with Gasteiger partial charge in [-0.05, 0) is 31.0 Å². The Morgan fingerprint density at radius 1 is 1.46 bits per heavy atom. The van der Waals surface area contributed by atoms with Crippen molar-refractivity contribution in [3.8, 4) is 0 Å². The molecule has 1 aromatic rings. The molecule has 0 bridgehead atoms. The number of benzene rings is 1. The van der Waals surface area contributed by atoms with E-state index in [-0.39, 0.29) is 11.8 Å². The van der Waals surface area contributed by atoms with Crippen LogP contribution < -0.4 is 5.32 Å². The molecule has 128 valence electrons. The molecular formula is C17H19ClN2O3S. The Kier molecular flexibility index (Phi) is 6.45. The maximum absolute atomic E-state index is 12.2. The van der Waals surface area contributed by atoms with Crippen molar-refractivity contribution in [2.24, 2.45) is 4.99 Å². The molecule has 0 radical (unpaired) electrons. The van der Waals surface area contributed by atoms with Crippen LogP contribution in [0.3, 0.4) is 0 Å². The average Bonchev–Trinajstić information content (AvgIpc) is 2.76. The zero-order valence-corrected chi connectivity index (χ0v) is 15.3. The second-order valence-corrected chi connectivity index (χ2v) is 6.90. The van der Waals surface area contributed by atoms with Gasteiger partial charge in [-0.3, -0.25) is 9.79 Å². The number of hydrogen-bond donors (Lipinski definition) is 1. The molecule has 2 rings (SSSR count). The maximum Gasteiger partial charge on any atom is 0.339 e. The van der Waals surface area contributed by atoms with Crippen LogP contribution in [0.4, 0.5) is 0 Å². The van der Waals surface area contributed by atoms with Gasteiger partial charge in [0.15, 0.2) is 0 Å². The number of ether oxygens (including phenoxy) is 1. The molecule has 1 unspecified atom stereocenters. The number of methoxy groups -OCH3 is 1. The standard InChI is InChI=1S/C17H19ClN2O3S/c1-10(19-2)24-15-9-12(6-7-20-16(15)21)11-4-5-14(18)13(8-11)17(22)23-3/h4-5,8-9,12H,6-7H2,1-3H3,(H,20,21). The summed E-state index contributed by atoms with van der Waals surface area (Å²) in [4.78, 5) is 28.7. The summed E-state index contributed by atoms with van der Waals surface area (Å²) in [5.74, 6) is -0.582. The van der Waals surface area contributed by atoms with Gasteiger partial charge in [0.25, 0.3) is 5.91 Å². The highest BCUT2D eigenvalue weighted by Gasteiger charge is 2.22. The first-order chi connectivity index (χ1) is 11.5. The number of nitrogens with zero attached hydrogens (tertiary/aromatic N) is 1. The van der Waals surface area contributed by atoms with Crippen molar-refractivity contribution in [3.63, 3.8) is 0 Å². The van der Waals surface area contributed by atoms with Crippen LogP contribution in [0.25, 0.3) is 0 Å². The third kappa shape index (κ3) is 4.39. The minimum absolute atomic E-state index is 0.00298. The van der Waals surface area contributed by atoms with Gasteiger partial charge < -0.3 is 10.1 Å². The summed E-state index contributed by atoms with van der Waals surface area (Å²) in [5, 5.41) is 4.04. The van der Waals surface area contributed by atoms with Gasteiger partial charge in [0.05, 0.1) is 27.6 Å². The van der Waals surface area contributed by atoms with Crippen LogP contribution >= 0.6 is 23.4 Å². The summed E-state index contributed by atoms with van der Waals surface area (Å²) in [6.07, 6.45) is 2.66. The first kappa shape index (κ1) is 18.5. The van der Waals surface area contributed by atoms with Crippen LogP contribution in [0.5, 0.6) is 0 Å². The van der Waals surface area contributed by atoms with E-state index in [0.29, 0.717) is 22.0 Å². The van der Waals surface area contributed by atoms with Crippen LogP contribution in [0.2, 0.25) is 5.02 Å². The van der Waals surface area contributed by atoms with Gasteiger partial charge in [-0.15, -0.1) is 0 Å². The zero-order chi connectivity index (χ0) is 17.7. The van der Waals surface area contributed by atoms with Crippen LogP contribution in [-0.2, 0) is 9.53 Å². The largest absolute Gasteiger partial charge is 0.465 e. The Hall–Kier alpha value is -1.79. The fraction of sp³-hybridized carbons (Fsp3) is 0.353. The van der Waals surface area contributed by atoms with E-state index in [2.05, 4.69) is 10.3 Å². The summed E-state index contributed by atoms with van der Waals surface area (Å²) < 4.78 is 4.76. The highest BCUT2D eigenvalue weighted by molar-refractivity contribution is 8.17. The molecular weight excluding hydrogens is 348 g/mol. The number of amides is 1. The molecule has 1 aromatic carbocycles. The number of carbonyl (C=O) groups excluding carboxylic acids is 2. The van der Waals surface area contributed by atoms with E-state index in [1.807, 2.05) is 19.1 Å². The fourth-order valence-electron chi connectivity index (χ4n) is 2.36. The topological polar surface area (TPSA) is 67.8 Å². The van der Waals surface area contributed by atoms with E-state index in [1.54, 1.807) is 19.2 Å². The lowest BCUT2D eigenvalue weighted by atomic mass is 9.94. The number of carbonyl (C=O) groups is 2. The highest BCUT2D eigenvalue weighted by atomic mass is 35.5. The van der Waals surface area contributed by atoms with E-state index >= 15 is 0 Å². The van der Waals surface area contributed by atoms with Crippen LogP contribution in [0.1, 0.15) is 35.2 Å². The van der Waals surface area contributed by atoms with Gasteiger partial charge in [0.1, 0.15) is 0 Å². The monoisotopic (exact) mass is 366 g/mol. The number of nitrogens with one attached hydrogen (secondary N) is 1. The molecule has 1 amide bonds. The zero-order valence-electron chi connectivity index (χ0n) is 13.8. The Balaban J connectivity index is 2.39. The Morgan fingerprint density at radius 3 is 2.88 bits per heavy atom. The predicted molar refractivity (Wildman–Crippen MR) is 97.9 cm³/mol. The van der Waals surface area contributed by atoms with Gasteiger partial charge >= 0.3 is 5.97 Å². The summed E-state index contributed by atoms with van der Waals surface area (Å²) in [6, 6.07) is 5.28. The molecule has 0 saturated heterocycles. The van der Waals surface area contributed by atoms with Gasteiger partial charge in [0, 0.05) is 19.5 Å². The molecule has 0 fully saturated rings. The van der Waals surface area contributed by atoms with Crippen molar-refractivity contribution >= 4 is 40.3 Å². The first-order valence-corrected chi connectivity index (χ1v) is 8.64. The van der Waals surface area contributed by atoms with Crippen LogP contribution in [-0.4, -0.2) is 37.6 Å². The number of thioether (sulfide) groups is 1. The van der Waals surface area contributed by atoms with Crippen molar-refractivity contribution in [1.82, 2.24) is 5.32 Å². The molecule has 0 aliphatic carbocycles. The van der Waals surface area contributed by atoms with Gasteiger partial charge in [-0.1, -0.05) is 35.5 Å². The molecule has 1 aliphatic heterocycles. The lowest BCUT2D eigenvalue weighted by molar-refractivity contribution is -0.116. The summed E-state index contributed by atoms with van der Waals surface area (Å²) in [7, 11) is 3.01. The van der Waals surface area contributed by atoms with E-state index in [1.165, 1.54) is 18.9 Å². The number of hydrogen-bond acceptors (Lipinski definition) is 5. The number of esters is 1. The molecule has 1 atom stereocenters.